The summed E-state index contributed by atoms with van der Waals surface area (Å²) in [6.07, 6.45) is 4.50. The van der Waals surface area contributed by atoms with Gasteiger partial charge < -0.3 is 9.73 Å². The van der Waals surface area contributed by atoms with E-state index in [2.05, 4.69) is 31.0 Å². The van der Waals surface area contributed by atoms with Gasteiger partial charge >= 0.3 is 0 Å². The molecule has 1 aromatic heterocycles. The van der Waals surface area contributed by atoms with Crippen molar-refractivity contribution in [2.75, 3.05) is 13.1 Å². The fraction of sp³-hybridized carbons (Fsp3) is 0.714. The summed E-state index contributed by atoms with van der Waals surface area (Å²) in [6, 6.07) is 5.77. The van der Waals surface area contributed by atoms with Gasteiger partial charge in [0.15, 0.2) is 0 Å². The molecule has 1 N–H and O–H groups in total. The fourth-order valence-corrected chi connectivity index (χ4v) is 2.32. The first-order valence-electron chi connectivity index (χ1n) is 6.71. The first-order valence-corrected chi connectivity index (χ1v) is 6.71. The molecule has 1 aliphatic rings. The van der Waals surface area contributed by atoms with Gasteiger partial charge in [-0.05, 0) is 45.7 Å². The number of hydrogen-bond acceptors (Lipinski definition) is 3. The van der Waals surface area contributed by atoms with E-state index in [0.29, 0.717) is 12.1 Å². The number of hydrogen-bond donors (Lipinski definition) is 1. The minimum atomic E-state index is 0.304. The summed E-state index contributed by atoms with van der Waals surface area (Å²) in [4.78, 5) is 2.60. The second kappa shape index (κ2) is 5.69. The first-order chi connectivity index (χ1) is 8.18. The first kappa shape index (κ1) is 12.7. The summed E-state index contributed by atoms with van der Waals surface area (Å²) in [5.74, 6) is 1.02. The number of nitrogens with one attached hydrogen (secondary N) is 1. The molecule has 0 radical (unpaired) electrons. The summed E-state index contributed by atoms with van der Waals surface area (Å²) in [5.41, 5.74) is 0. The average Bonchev–Trinajstić information content (AvgIpc) is 2.96. The van der Waals surface area contributed by atoms with E-state index in [4.69, 9.17) is 4.42 Å². The predicted octanol–water partition coefficient (Wildman–Crippen LogP) is 2.80. The van der Waals surface area contributed by atoms with Crippen LogP contribution in [0.1, 0.15) is 45.4 Å². The molecule has 96 valence electrons. The predicted molar refractivity (Wildman–Crippen MR) is 70.0 cm³/mol. The van der Waals surface area contributed by atoms with E-state index in [9.17, 15) is 0 Å². The lowest BCUT2D eigenvalue weighted by atomic mass is 10.2. The third kappa shape index (κ3) is 3.58. The molecule has 0 aromatic carbocycles. The van der Waals surface area contributed by atoms with Crippen molar-refractivity contribution in [3.63, 3.8) is 0 Å². The molecule has 0 spiro atoms. The number of rotatable bonds is 7. The van der Waals surface area contributed by atoms with Crippen LogP contribution in [-0.2, 0) is 0 Å². The largest absolute Gasteiger partial charge is 0.468 e. The van der Waals surface area contributed by atoms with Crippen molar-refractivity contribution in [2.45, 2.75) is 51.7 Å². The Morgan fingerprint density at radius 1 is 1.41 bits per heavy atom. The topological polar surface area (TPSA) is 28.4 Å². The lowest BCUT2D eigenvalue weighted by molar-refractivity contribution is 0.208. The monoisotopic (exact) mass is 236 g/mol. The van der Waals surface area contributed by atoms with Gasteiger partial charge in [0.2, 0.25) is 0 Å². The van der Waals surface area contributed by atoms with Crippen molar-refractivity contribution < 1.29 is 4.42 Å². The highest BCUT2D eigenvalue weighted by Crippen LogP contribution is 2.28. The van der Waals surface area contributed by atoms with Crippen LogP contribution < -0.4 is 5.32 Å². The fourth-order valence-electron chi connectivity index (χ4n) is 2.32. The third-order valence-corrected chi connectivity index (χ3v) is 3.47. The van der Waals surface area contributed by atoms with Gasteiger partial charge in [0.05, 0.1) is 12.3 Å². The molecule has 0 amide bonds. The van der Waals surface area contributed by atoms with Crippen molar-refractivity contribution in [1.82, 2.24) is 10.2 Å². The molecule has 1 fully saturated rings. The van der Waals surface area contributed by atoms with Gasteiger partial charge in [-0.25, -0.2) is 0 Å². The van der Waals surface area contributed by atoms with E-state index in [0.717, 1.165) is 24.9 Å². The Kier molecular flexibility index (Phi) is 4.24. The summed E-state index contributed by atoms with van der Waals surface area (Å²) in [6.45, 7) is 8.88. The number of nitrogens with zero attached hydrogens (tertiary/aromatic N) is 1. The van der Waals surface area contributed by atoms with E-state index in [-0.39, 0.29) is 0 Å². The summed E-state index contributed by atoms with van der Waals surface area (Å²) in [7, 11) is 0. The Hall–Kier alpha value is -0.800. The van der Waals surface area contributed by atoms with Gasteiger partial charge in [0.25, 0.3) is 0 Å². The van der Waals surface area contributed by atoms with Crippen LogP contribution in [0.3, 0.4) is 0 Å². The lowest BCUT2D eigenvalue weighted by Gasteiger charge is -2.27. The zero-order valence-electron chi connectivity index (χ0n) is 11.1. The van der Waals surface area contributed by atoms with Gasteiger partial charge in [0, 0.05) is 25.2 Å². The van der Waals surface area contributed by atoms with Crippen molar-refractivity contribution in [3.05, 3.63) is 24.2 Å². The molecular weight excluding hydrogens is 212 g/mol. The Balaban J connectivity index is 1.71. The molecule has 0 unspecified atom stereocenters. The molecule has 3 nitrogen and oxygen atoms in total. The van der Waals surface area contributed by atoms with Crippen LogP contribution in [0.2, 0.25) is 0 Å². The smallest absolute Gasteiger partial charge is 0.120 e. The molecule has 0 saturated heterocycles. The van der Waals surface area contributed by atoms with Gasteiger partial charge in [0.1, 0.15) is 5.76 Å². The van der Waals surface area contributed by atoms with E-state index in [1.807, 2.05) is 12.1 Å². The molecule has 1 saturated carbocycles. The van der Waals surface area contributed by atoms with E-state index in [1.165, 1.54) is 12.8 Å². The van der Waals surface area contributed by atoms with Crippen LogP contribution in [-0.4, -0.2) is 30.1 Å². The van der Waals surface area contributed by atoms with Crippen molar-refractivity contribution in [1.29, 1.82) is 0 Å². The Labute approximate surface area is 104 Å². The molecule has 0 bridgehead atoms. The highest BCUT2D eigenvalue weighted by atomic mass is 16.3. The minimum Gasteiger partial charge on any atom is -0.468 e. The van der Waals surface area contributed by atoms with Crippen LogP contribution in [0.25, 0.3) is 0 Å². The molecule has 1 aromatic rings. The second-order valence-corrected chi connectivity index (χ2v) is 5.25. The van der Waals surface area contributed by atoms with E-state index in [1.54, 1.807) is 6.26 Å². The van der Waals surface area contributed by atoms with Gasteiger partial charge in [-0.3, -0.25) is 4.90 Å². The van der Waals surface area contributed by atoms with Crippen LogP contribution >= 0.6 is 0 Å². The Bertz CT molecular complexity index is 315. The molecule has 17 heavy (non-hydrogen) atoms. The van der Waals surface area contributed by atoms with Crippen LogP contribution in [0.15, 0.2) is 22.8 Å². The second-order valence-electron chi connectivity index (χ2n) is 5.25. The summed E-state index contributed by atoms with van der Waals surface area (Å²) >= 11 is 0. The van der Waals surface area contributed by atoms with Crippen molar-refractivity contribution in [3.8, 4) is 0 Å². The minimum absolute atomic E-state index is 0.304. The highest BCUT2D eigenvalue weighted by Gasteiger charge is 2.30. The average molecular weight is 236 g/mol. The highest BCUT2D eigenvalue weighted by molar-refractivity contribution is 5.02. The van der Waals surface area contributed by atoms with Crippen LogP contribution in [0.5, 0.6) is 0 Å². The maximum Gasteiger partial charge on any atom is 0.120 e. The Morgan fingerprint density at radius 2 is 2.18 bits per heavy atom. The van der Waals surface area contributed by atoms with E-state index >= 15 is 0 Å². The molecule has 0 aliphatic heterocycles. The summed E-state index contributed by atoms with van der Waals surface area (Å²) < 4.78 is 5.38. The van der Waals surface area contributed by atoms with Crippen LogP contribution in [0.4, 0.5) is 0 Å². The van der Waals surface area contributed by atoms with Gasteiger partial charge in [-0.15, -0.1) is 0 Å². The maximum atomic E-state index is 5.38. The Morgan fingerprint density at radius 3 is 2.71 bits per heavy atom. The maximum absolute atomic E-state index is 5.38. The lowest BCUT2D eigenvalue weighted by Crippen LogP contribution is -2.39. The molecule has 3 heteroatoms. The standard InChI is InChI=1S/C14H24N2O/c1-11(2)16(13-6-7-13)9-8-15-12(3)14-5-4-10-17-14/h4-5,10-13,15H,6-9H2,1-3H3/t12-/m0/s1. The third-order valence-electron chi connectivity index (χ3n) is 3.47. The molecule has 1 atom stereocenters. The van der Waals surface area contributed by atoms with Crippen molar-refractivity contribution >= 4 is 0 Å². The van der Waals surface area contributed by atoms with Crippen LogP contribution in [0, 0.1) is 0 Å². The number of furan rings is 1. The van der Waals surface area contributed by atoms with Crippen molar-refractivity contribution in [2.24, 2.45) is 0 Å². The SMILES string of the molecule is CC(C)N(CCN[C@@H](C)c1ccco1)C1CC1. The molecule has 1 heterocycles. The quantitative estimate of drug-likeness (QED) is 0.789. The van der Waals surface area contributed by atoms with Gasteiger partial charge in [-0.2, -0.15) is 0 Å². The normalized spacial score (nSPS) is 17.9. The molecule has 2 rings (SSSR count). The zero-order chi connectivity index (χ0) is 12.3. The van der Waals surface area contributed by atoms with E-state index < -0.39 is 0 Å². The molecule has 1 aliphatic carbocycles. The summed E-state index contributed by atoms with van der Waals surface area (Å²) in [5, 5.41) is 3.52. The molecular formula is C14H24N2O. The zero-order valence-corrected chi connectivity index (χ0v) is 11.1. The van der Waals surface area contributed by atoms with Gasteiger partial charge in [-0.1, -0.05) is 0 Å².